The lowest BCUT2D eigenvalue weighted by molar-refractivity contribution is 0.230. The molecule has 0 aromatic rings. The second-order valence-corrected chi connectivity index (χ2v) is 2.99. The zero-order chi connectivity index (χ0) is 7.98. The third-order valence-corrected chi connectivity index (χ3v) is 2.01. The Morgan fingerprint density at radius 3 is 2.00 bits per heavy atom. The molecule has 1 fully saturated rings. The van der Waals surface area contributed by atoms with Crippen LogP contribution in [-0.2, 0) is 12.5 Å². The minimum Gasteiger partial charge on any atom is -0.306 e. The third-order valence-electron chi connectivity index (χ3n) is 2.01. The van der Waals surface area contributed by atoms with E-state index in [1.807, 2.05) is 0 Å². The molecule has 3 heteroatoms. The molecule has 1 aliphatic rings. The van der Waals surface area contributed by atoms with Crippen LogP contribution in [0.15, 0.2) is 0 Å². The molecule has 1 heterocycles. The Morgan fingerprint density at radius 2 is 1.70 bits per heavy atom. The number of piperidine rings is 1. The summed E-state index contributed by atoms with van der Waals surface area (Å²) in [5.74, 6) is 0.978. The summed E-state index contributed by atoms with van der Waals surface area (Å²) in [5.41, 5.74) is 0. The Balaban J connectivity index is 0.000000371. The predicted molar refractivity (Wildman–Crippen MR) is 44.0 cm³/mol. The molecule has 60 valence electrons. The van der Waals surface area contributed by atoms with Gasteiger partial charge in [0.15, 0.2) is 12.5 Å². The van der Waals surface area contributed by atoms with Gasteiger partial charge in [-0.1, -0.05) is 6.92 Å². The van der Waals surface area contributed by atoms with Crippen molar-refractivity contribution < 1.29 is 4.21 Å². The summed E-state index contributed by atoms with van der Waals surface area (Å²) >= 11 is 2.83. The Labute approximate surface area is 68.1 Å². The first-order valence-electron chi connectivity index (χ1n) is 3.64. The van der Waals surface area contributed by atoms with Gasteiger partial charge in [-0.3, -0.25) is 0 Å². The van der Waals surface area contributed by atoms with Gasteiger partial charge in [0.25, 0.3) is 0 Å². The van der Waals surface area contributed by atoms with Crippen LogP contribution in [0.2, 0.25) is 0 Å². The van der Waals surface area contributed by atoms with Crippen LogP contribution < -0.4 is 0 Å². The topological polar surface area (TPSA) is 20.3 Å². The van der Waals surface area contributed by atoms with Gasteiger partial charge in [-0.2, -0.15) is 4.21 Å². The molecule has 0 N–H and O–H groups in total. The van der Waals surface area contributed by atoms with Gasteiger partial charge in [0.2, 0.25) is 0 Å². The first kappa shape index (κ1) is 9.98. The first-order chi connectivity index (χ1) is 4.79. The molecule has 1 aliphatic heterocycles. The van der Waals surface area contributed by atoms with Gasteiger partial charge in [0.1, 0.15) is 0 Å². The Morgan fingerprint density at radius 1 is 1.30 bits per heavy atom. The fraction of sp³-hybridized carbons (Fsp3) is 1.00. The van der Waals surface area contributed by atoms with Gasteiger partial charge >= 0.3 is 0 Å². The number of rotatable bonds is 0. The normalized spacial score (nSPS) is 21.4. The highest BCUT2D eigenvalue weighted by Crippen LogP contribution is 2.13. The molecule has 0 amide bonds. The van der Waals surface area contributed by atoms with Crippen LogP contribution >= 0.6 is 0 Å². The monoisotopic (exact) mass is 161 g/mol. The van der Waals surface area contributed by atoms with Gasteiger partial charge < -0.3 is 4.90 Å². The molecule has 0 radical (unpaired) electrons. The largest absolute Gasteiger partial charge is 0.306 e. The quantitative estimate of drug-likeness (QED) is 0.529. The van der Waals surface area contributed by atoms with Gasteiger partial charge in [-0.05, 0) is 38.9 Å². The maximum Gasteiger partial charge on any atom is 0.197 e. The Kier molecular flexibility index (Phi) is 5.73. The Hall–Kier alpha value is -0.0200. The second kappa shape index (κ2) is 5.74. The molecular formula is C7H15NOS. The number of hydrogen-bond acceptors (Lipinski definition) is 3. The van der Waals surface area contributed by atoms with E-state index >= 15 is 0 Å². The summed E-state index contributed by atoms with van der Waals surface area (Å²) in [6.45, 7) is 4.95. The number of hydrogen-bond donors (Lipinski definition) is 0. The molecule has 2 nitrogen and oxygen atoms in total. The van der Waals surface area contributed by atoms with E-state index in [-0.39, 0.29) is 0 Å². The van der Waals surface area contributed by atoms with Crippen LogP contribution in [0.4, 0.5) is 0 Å². The molecule has 0 aliphatic carbocycles. The minimum atomic E-state index is 0.978. The van der Waals surface area contributed by atoms with Crippen molar-refractivity contribution in [3.8, 4) is 0 Å². The van der Waals surface area contributed by atoms with E-state index in [1.165, 1.54) is 25.9 Å². The average Bonchev–Trinajstić information content (AvgIpc) is 2.00. The van der Waals surface area contributed by atoms with E-state index in [4.69, 9.17) is 4.21 Å². The third kappa shape index (κ3) is 3.90. The lowest BCUT2D eigenvalue weighted by Gasteiger charge is -2.26. The van der Waals surface area contributed by atoms with Crippen molar-refractivity contribution in [1.82, 2.24) is 4.90 Å². The summed E-state index contributed by atoms with van der Waals surface area (Å²) in [4.78, 5) is 2.40. The molecule has 0 spiro atoms. The smallest absolute Gasteiger partial charge is 0.197 e. The maximum absolute atomic E-state index is 7.83. The zero-order valence-electron chi connectivity index (χ0n) is 6.67. The van der Waals surface area contributed by atoms with Crippen LogP contribution in [0.3, 0.4) is 0 Å². The lowest BCUT2D eigenvalue weighted by atomic mass is 10.00. The molecule has 0 atom stereocenters. The maximum atomic E-state index is 7.83. The van der Waals surface area contributed by atoms with E-state index in [0.29, 0.717) is 0 Å². The van der Waals surface area contributed by atoms with E-state index in [9.17, 15) is 0 Å². The van der Waals surface area contributed by atoms with Crippen LogP contribution in [0.5, 0.6) is 0 Å². The lowest BCUT2D eigenvalue weighted by Crippen LogP contribution is -2.28. The van der Waals surface area contributed by atoms with E-state index < -0.39 is 0 Å². The van der Waals surface area contributed by atoms with Crippen molar-refractivity contribution in [2.45, 2.75) is 19.8 Å². The molecule has 0 unspecified atom stereocenters. The molecule has 10 heavy (non-hydrogen) atoms. The highest BCUT2D eigenvalue weighted by Gasteiger charge is 2.10. The van der Waals surface area contributed by atoms with Crippen LogP contribution in [0.25, 0.3) is 0 Å². The van der Waals surface area contributed by atoms with Gasteiger partial charge in [-0.15, -0.1) is 0 Å². The zero-order valence-corrected chi connectivity index (χ0v) is 7.49. The minimum absolute atomic E-state index is 0.978. The van der Waals surface area contributed by atoms with E-state index in [0.717, 1.165) is 5.92 Å². The van der Waals surface area contributed by atoms with Crippen molar-refractivity contribution in [1.29, 1.82) is 0 Å². The van der Waals surface area contributed by atoms with Crippen molar-refractivity contribution in [2.75, 3.05) is 20.1 Å². The number of nitrogens with zero attached hydrogens (tertiary/aromatic N) is 1. The molecule has 0 saturated carbocycles. The average molecular weight is 161 g/mol. The summed E-state index contributed by atoms with van der Waals surface area (Å²) in [6.07, 6.45) is 2.80. The highest BCUT2D eigenvalue weighted by molar-refractivity contribution is 7.44. The predicted octanol–water partition coefficient (Wildman–Crippen LogP) is 1.01. The highest BCUT2D eigenvalue weighted by atomic mass is 32.1. The molecular weight excluding hydrogens is 146 g/mol. The SMILES string of the molecule is CC1CCN(C)CC1.O=S. The molecule has 0 aromatic heterocycles. The Bertz CT molecular complexity index is 71.7. The fourth-order valence-corrected chi connectivity index (χ4v) is 1.14. The van der Waals surface area contributed by atoms with Crippen LogP contribution in [0.1, 0.15) is 19.8 Å². The van der Waals surface area contributed by atoms with Gasteiger partial charge in [0, 0.05) is 0 Å². The standard InChI is InChI=1S/C7H15N.OS/c1-7-3-5-8(2)6-4-7;1-2/h7H,3-6H2,1-2H3;. The van der Waals surface area contributed by atoms with Crippen molar-refractivity contribution in [2.24, 2.45) is 5.92 Å². The summed E-state index contributed by atoms with van der Waals surface area (Å²) < 4.78 is 7.83. The molecule has 1 rings (SSSR count). The molecule has 0 aromatic carbocycles. The second-order valence-electron chi connectivity index (χ2n) is 2.99. The van der Waals surface area contributed by atoms with Crippen LogP contribution in [0, 0.1) is 5.92 Å². The molecule has 0 bridgehead atoms. The van der Waals surface area contributed by atoms with E-state index in [1.54, 1.807) is 0 Å². The van der Waals surface area contributed by atoms with Crippen molar-refractivity contribution in [3.05, 3.63) is 0 Å². The number of likely N-dealkylation sites (tertiary alicyclic amines) is 1. The van der Waals surface area contributed by atoms with Gasteiger partial charge in [-0.25, -0.2) is 0 Å². The fourth-order valence-electron chi connectivity index (χ4n) is 1.14. The summed E-state index contributed by atoms with van der Waals surface area (Å²) in [6, 6.07) is 0. The summed E-state index contributed by atoms with van der Waals surface area (Å²) in [5, 5.41) is 0. The van der Waals surface area contributed by atoms with Crippen LogP contribution in [-0.4, -0.2) is 29.2 Å². The van der Waals surface area contributed by atoms with Crippen molar-refractivity contribution in [3.63, 3.8) is 0 Å². The van der Waals surface area contributed by atoms with E-state index in [2.05, 4.69) is 31.4 Å². The summed E-state index contributed by atoms with van der Waals surface area (Å²) in [7, 11) is 2.20. The van der Waals surface area contributed by atoms with Gasteiger partial charge in [0.05, 0.1) is 0 Å². The molecule has 1 saturated heterocycles. The first-order valence-corrected chi connectivity index (χ1v) is 3.97. The van der Waals surface area contributed by atoms with Crippen molar-refractivity contribution >= 4 is 12.5 Å².